The van der Waals surface area contributed by atoms with Crippen molar-refractivity contribution in [1.82, 2.24) is 20.0 Å². The van der Waals surface area contributed by atoms with Crippen molar-refractivity contribution in [2.24, 2.45) is 4.99 Å². The third kappa shape index (κ3) is 4.66. The first kappa shape index (κ1) is 18.9. The van der Waals surface area contributed by atoms with E-state index in [4.69, 9.17) is 4.74 Å². The second-order valence-corrected chi connectivity index (χ2v) is 7.52. The van der Waals surface area contributed by atoms with Gasteiger partial charge in [-0.05, 0) is 25.7 Å². The Kier molecular flexibility index (Phi) is 6.34. The van der Waals surface area contributed by atoms with Crippen molar-refractivity contribution in [1.29, 1.82) is 0 Å². The Bertz CT molecular complexity index is 545. The highest BCUT2D eigenvalue weighted by molar-refractivity contribution is 5.85. The fourth-order valence-electron chi connectivity index (χ4n) is 3.78. The van der Waals surface area contributed by atoms with Crippen molar-refractivity contribution < 1.29 is 14.3 Å². The summed E-state index contributed by atoms with van der Waals surface area (Å²) >= 11 is 0. The summed E-state index contributed by atoms with van der Waals surface area (Å²) in [5.74, 6) is 1.00. The standard InChI is InChI=1S/C18H31N5O3/c1-21(2)17(25)12-20-18(19-11-15-5-3-4-10-26-15)22-8-9-23-14(13-22)6-7-16(23)24/h14-15H,3-13H2,1-2H3,(H,19,20). The van der Waals surface area contributed by atoms with Crippen LogP contribution in [0.4, 0.5) is 0 Å². The Hall–Kier alpha value is -1.83. The number of hydrogen-bond donors (Lipinski definition) is 1. The molecule has 0 saturated carbocycles. The summed E-state index contributed by atoms with van der Waals surface area (Å²) in [5.41, 5.74) is 0. The average molecular weight is 365 g/mol. The minimum absolute atomic E-state index is 0.0205. The molecule has 146 valence electrons. The van der Waals surface area contributed by atoms with Gasteiger partial charge in [-0.3, -0.25) is 9.59 Å². The first-order chi connectivity index (χ1) is 12.5. The molecule has 0 aromatic rings. The molecule has 1 N–H and O–H groups in total. The lowest BCUT2D eigenvalue weighted by atomic mass is 10.1. The number of nitrogens with zero attached hydrogens (tertiary/aromatic N) is 4. The van der Waals surface area contributed by atoms with E-state index in [1.54, 1.807) is 19.0 Å². The van der Waals surface area contributed by atoms with Gasteiger partial charge in [0.05, 0.1) is 6.10 Å². The number of rotatable bonds is 4. The molecule has 3 aliphatic heterocycles. The van der Waals surface area contributed by atoms with Crippen molar-refractivity contribution in [2.75, 3.05) is 53.4 Å². The van der Waals surface area contributed by atoms with Crippen molar-refractivity contribution in [3.8, 4) is 0 Å². The predicted octanol–water partition coefficient (Wildman–Crippen LogP) is -0.104. The van der Waals surface area contributed by atoms with Gasteiger partial charge in [0.15, 0.2) is 5.96 Å². The van der Waals surface area contributed by atoms with Gasteiger partial charge in [-0.2, -0.15) is 0 Å². The predicted molar refractivity (Wildman–Crippen MR) is 98.9 cm³/mol. The number of carbonyl (C=O) groups excluding carboxylic acids is 2. The molecule has 3 fully saturated rings. The Morgan fingerprint density at radius 1 is 1.31 bits per heavy atom. The minimum Gasteiger partial charge on any atom is -0.376 e. The van der Waals surface area contributed by atoms with E-state index in [1.807, 2.05) is 4.90 Å². The highest BCUT2D eigenvalue weighted by Crippen LogP contribution is 2.23. The number of ether oxygens (including phenoxy) is 1. The normalized spacial score (nSPS) is 26.7. The molecule has 2 amide bonds. The minimum atomic E-state index is -0.0205. The van der Waals surface area contributed by atoms with E-state index in [0.29, 0.717) is 13.0 Å². The smallest absolute Gasteiger partial charge is 0.243 e. The summed E-state index contributed by atoms with van der Waals surface area (Å²) in [4.78, 5) is 34.2. The number of fused-ring (bicyclic) bond motifs is 1. The summed E-state index contributed by atoms with van der Waals surface area (Å²) in [6.07, 6.45) is 5.14. The molecule has 2 unspecified atom stereocenters. The number of aliphatic imine (C=N–C) groups is 1. The zero-order valence-electron chi connectivity index (χ0n) is 15.9. The van der Waals surface area contributed by atoms with Crippen LogP contribution >= 0.6 is 0 Å². The first-order valence-corrected chi connectivity index (χ1v) is 9.69. The molecule has 0 bridgehead atoms. The third-order valence-corrected chi connectivity index (χ3v) is 5.42. The van der Waals surface area contributed by atoms with Crippen molar-refractivity contribution in [2.45, 2.75) is 44.2 Å². The van der Waals surface area contributed by atoms with Crippen LogP contribution in [0, 0.1) is 0 Å². The zero-order chi connectivity index (χ0) is 18.5. The van der Waals surface area contributed by atoms with Crippen molar-refractivity contribution >= 4 is 17.8 Å². The maximum Gasteiger partial charge on any atom is 0.243 e. The monoisotopic (exact) mass is 365 g/mol. The van der Waals surface area contributed by atoms with Crippen LogP contribution in [0.25, 0.3) is 0 Å². The molecule has 0 spiro atoms. The van der Waals surface area contributed by atoms with Crippen molar-refractivity contribution in [3.63, 3.8) is 0 Å². The highest BCUT2D eigenvalue weighted by atomic mass is 16.5. The van der Waals surface area contributed by atoms with Gasteiger partial charge in [0.25, 0.3) is 0 Å². The molecule has 8 nitrogen and oxygen atoms in total. The van der Waals surface area contributed by atoms with E-state index >= 15 is 0 Å². The topological polar surface area (TPSA) is 77.5 Å². The van der Waals surface area contributed by atoms with Gasteiger partial charge in [0, 0.05) is 59.3 Å². The highest BCUT2D eigenvalue weighted by Gasteiger charge is 2.36. The SMILES string of the molecule is CN(C)C(=O)CN=C(NCC1CCCCO1)N1CCN2C(=O)CCC2C1. The maximum atomic E-state index is 12.0. The van der Waals surface area contributed by atoms with Crippen LogP contribution in [0.3, 0.4) is 0 Å². The number of guanidine groups is 1. The number of carbonyl (C=O) groups is 2. The quantitative estimate of drug-likeness (QED) is 0.556. The van der Waals surface area contributed by atoms with Crippen LogP contribution in [0.5, 0.6) is 0 Å². The van der Waals surface area contributed by atoms with E-state index in [-0.39, 0.29) is 30.5 Å². The Balaban J connectivity index is 1.62. The zero-order valence-corrected chi connectivity index (χ0v) is 15.9. The third-order valence-electron chi connectivity index (χ3n) is 5.42. The molecule has 3 heterocycles. The van der Waals surface area contributed by atoms with Crippen LogP contribution < -0.4 is 5.32 Å². The van der Waals surface area contributed by atoms with E-state index in [9.17, 15) is 9.59 Å². The van der Waals surface area contributed by atoms with Gasteiger partial charge in [-0.25, -0.2) is 4.99 Å². The van der Waals surface area contributed by atoms with Gasteiger partial charge in [0.2, 0.25) is 11.8 Å². The van der Waals surface area contributed by atoms with Crippen LogP contribution in [0.2, 0.25) is 0 Å². The van der Waals surface area contributed by atoms with Gasteiger partial charge < -0.3 is 24.8 Å². The summed E-state index contributed by atoms with van der Waals surface area (Å²) in [7, 11) is 3.48. The van der Waals surface area contributed by atoms with Gasteiger partial charge in [-0.1, -0.05) is 0 Å². The van der Waals surface area contributed by atoms with Gasteiger partial charge >= 0.3 is 0 Å². The molecule has 0 aromatic carbocycles. The number of nitrogens with one attached hydrogen (secondary N) is 1. The molecular formula is C18H31N5O3. The van der Waals surface area contributed by atoms with E-state index in [1.165, 1.54) is 6.42 Å². The second kappa shape index (κ2) is 8.70. The number of amides is 2. The second-order valence-electron chi connectivity index (χ2n) is 7.52. The lowest BCUT2D eigenvalue weighted by Crippen LogP contribution is -2.56. The van der Waals surface area contributed by atoms with Crippen LogP contribution in [0.15, 0.2) is 4.99 Å². The fraction of sp³-hybridized carbons (Fsp3) is 0.833. The largest absolute Gasteiger partial charge is 0.376 e. The fourth-order valence-corrected chi connectivity index (χ4v) is 3.78. The molecule has 3 rings (SSSR count). The van der Waals surface area contributed by atoms with Crippen LogP contribution in [-0.2, 0) is 14.3 Å². The average Bonchev–Trinajstić information content (AvgIpc) is 3.02. The Morgan fingerprint density at radius 3 is 2.88 bits per heavy atom. The van der Waals surface area contributed by atoms with Crippen LogP contribution in [0.1, 0.15) is 32.1 Å². The summed E-state index contributed by atoms with van der Waals surface area (Å²) in [5, 5.41) is 3.42. The lowest BCUT2D eigenvalue weighted by Gasteiger charge is -2.39. The molecule has 8 heteroatoms. The number of hydrogen-bond acceptors (Lipinski definition) is 4. The molecule has 2 atom stereocenters. The molecular weight excluding hydrogens is 334 g/mol. The molecule has 3 aliphatic rings. The van der Waals surface area contributed by atoms with E-state index in [2.05, 4.69) is 15.2 Å². The number of likely N-dealkylation sites (N-methyl/N-ethyl adjacent to an activating group) is 1. The van der Waals surface area contributed by atoms with Crippen molar-refractivity contribution in [3.05, 3.63) is 0 Å². The Labute approximate surface area is 155 Å². The Morgan fingerprint density at radius 2 is 2.15 bits per heavy atom. The molecule has 0 radical (unpaired) electrons. The van der Waals surface area contributed by atoms with Crippen LogP contribution in [-0.4, -0.2) is 98.0 Å². The maximum absolute atomic E-state index is 12.0. The lowest BCUT2D eigenvalue weighted by molar-refractivity contribution is -0.130. The van der Waals surface area contributed by atoms with Gasteiger partial charge in [0.1, 0.15) is 6.54 Å². The molecule has 3 saturated heterocycles. The summed E-state index contributed by atoms with van der Waals surface area (Å²) < 4.78 is 5.80. The summed E-state index contributed by atoms with van der Waals surface area (Å²) in [6.45, 7) is 3.91. The molecule has 26 heavy (non-hydrogen) atoms. The van der Waals surface area contributed by atoms with E-state index < -0.39 is 0 Å². The van der Waals surface area contributed by atoms with Gasteiger partial charge in [-0.15, -0.1) is 0 Å². The number of piperazine rings is 1. The first-order valence-electron chi connectivity index (χ1n) is 9.69. The summed E-state index contributed by atoms with van der Waals surface area (Å²) in [6, 6.07) is 0.263. The van der Waals surface area contributed by atoms with E-state index in [0.717, 1.165) is 51.5 Å². The molecule has 0 aliphatic carbocycles. The molecule has 0 aromatic heterocycles.